The molecule has 0 heterocycles. The summed E-state index contributed by atoms with van der Waals surface area (Å²) >= 11 is 0. The molecule has 332 valence electrons. The molecule has 12 aromatic carbocycles. The highest BCUT2D eigenvalue weighted by molar-refractivity contribution is 5.99. The normalized spacial score (nSPS) is 12.6. The molecule has 0 bridgehead atoms. The van der Waals surface area contributed by atoms with Gasteiger partial charge in [0.1, 0.15) is 0 Å². The number of rotatable bonds is 8. The van der Waals surface area contributed by atoms with Crippen LogP contribution in [0.15, 0.2) is 279 Å². The summed E-state index contributed by atoms with van der Waals surface area (Å²) in [6, 6.07) is 103. The first kappa shape index (κ1) is 40.8. The minimum Gasteiger partial charge on any atom is -0.310 e. The van der Waals surface area contributed by atoms with Crippen LogP contribution in [0.5, 0.6) is 0 Å². The van der Waals surface area contributed by atoms with Crippen molar-refractivity contribution in [1.82, 2.24) is 0 Å². The first-order valence-corrected chi connectivity index (χ1v) is 24.6. The fourth-order valence-corrected chi connectivity index (χ4v) is 11.8. The van der Waals surface area contributed by atoms with E-state index in [-0.39, 0.29) is 0 Å². The number of anilines is 6. The van der Waals surface area contributed by atoms with Gasteiger partial charge in [0.05, 0.1) is 5.41 Å². The van der Waals surface area contributed by atoms with Gasteiger partial charge in [0.15, 0.2) is 0 Å². The van der Waals surface area contributed by atoms with Crippen molar-refractivity contribution in [3.05, 3.63) is 301 Å². The van der Waals surface area contributed by atoms with Crippen LogP contribution in [-0.4, -0.2) is 0 Å². The Bertz CT molecular complexity index is 3720. The van der Waals surface area contributed by atoms with Gasteiger partial charge in [-0.3, -0.25) is 0 Å². The number of hydrogen-bond donors (Lipinski definition) is 0. The van der Waals surface area contributed by atoms with E-state index in [1.165, 1.54) is 88.3 Å². The molecule has 2 aliphatic rings. The molecule has 14 rings (SSSR count). The second-order valence-corrected chi connectivity index (χ2v) is 18.9. The third kappa shape index (κ3) is 6.57. The van der Waals surface area contributed by atoms with Crippen LogP contribution in [0.25, 0.3) is 66.1 Å². The van der Waals surface area contributed by atoms with Crippen LogP contribution >= 0.6 is 0 Å². The molecular weight excluding hydrogens is 857 g/mol. The van der Waals surface area contributed by atoms with Crippen molar-refractivity contribution in [2.75, 3.05) is 9.80 Å². The summed E-state index contributed by atoms with van der Waals surface area (Å²) in [6.07, 6.45) is 0. The molecular formula is C69H46N2. The average molecular weight is 903 g/mol. The van der Waals surface area contributed by atoms with Crippen molar-refractivity contribution < 1.29 is 0 Å². The summed E-state index contributed by atoms with van der Waals surface area (Å²) in [5.41, 5.74) is 21.1. The molecule has 0 unspecified atom stereocenters. The van der Waals surface area contributed by atoms with Crippen molar-refractivity contribution in [3.63, 3.8) is 0 Å². The van der Waals surface area contributed by atoms with E-state index in [1.807, 2.05) is 0 Å². The van der Waals surface area contributed by atoms with Crippen molar-refractivity contribution in [2.24, 2.45) is 0 Å². The third-order valence-corrected chi connectivity index (χ3v) is 15.0. The number of hydrogen-bond acceptors (Lipinski definition) is 2. The Morgan fingerprint density at radius 3 is 0.944 bits per heavy atom. The van der Waals surface area contributed by atoms with Crippen LogP contribution in [0.2, 0.25) is 0 Å². The first-order chi connectivity index (χ1) is 35.2. The smallest absolute Gasteiger partial charge is 0.0727 e. The third-order valence-electron chi connectivity index (χ3n) is 15.0. The van der Waals surface area contributed by atoms with Crippen LogP contribution in [0, 0.1) is 0 Å². The van der Waals surface area contributed by atoms with Gasteiger partial charge in [-0.15, -0.1) is 0 Å². The SMILES string of the molecule is c1ccc(-c2ccc(N(c3ccc4c(c3)C3(c5ccccc5-c5ccccc53)c3cc(N(c5ccc(-c6ccccc6)cc5)c5ccc6ccccc6c5)ccc3-4)c3ccc4ccccc4c3)cc2)cc1. The van der Waals surface area contributed by atoms with Gasteiger partial charge in [-0.25, -0.2) is 0 Å². The predicted octanol–water partition coefficient (Wildman–Crippen LogP) is 18.6. The van der Waals surface area contributed by atoms with Gasteiger partial charge in [0.25, 0.3) is 0 Å². The molecule has 0 N–H and O–H groups in total. The lowest BCUT2D eigenvalue weighted by molar-refractivity contribution is 0.793. The summed E-state index contributed by atoms with van der Waals surface area (Å²) in [5, 5.41) is 4.85. The zero-order valence-corrected chi connectivity index (χ0v) is 39.0. The van der Waals surface area contributed by atoms with Crippen molar-refractivity contribution in [1.29, 1.82) is 0 Å². The lowest BCUT2D eigenvalue weighted by atomic mass is 9.70. The lowest BCUT2D eigenvalue weighted by Gasteiger charge is -2.33. The van der Waals surface area contributed by atoms with Gasteiger partial charge in [-0.2, -0.15) is 0 Å². The lowest BCUT2D eigenvalue weighted by Crippen LogP contribution is -2.26. The zero-order valence-electron chi connectivity index (χ0n) is 39.0. The average Bonchev–Trinajstić information content (AvgIpc) is 3.91. The van der Waals surface area contributed by atoms with Crippen LogP contribution < -0.4 is 9.80 Å². The maximum Gasteiger partial charge on any atom is 0.0727 e. The number of fused-ring (bicyclic) bond motifs is 12. The quantitative estimate of drug-likeness (QED) is 0.150. The van der Waals surface area contributed by atoms with E-state index >= 15 is 0 Å². The van der Waals surface area contributed by atoms with E-state index in [2.05, 4.69) is 289 Å². The van der Waals surface area contributed by atoms with Crippen LogP contribution in [-0.2, 0) is 5.41 Å². The molecule has 0 fully saturated rings. The van der Waals surface area contributed by atoms with E-state index in [0.29, 0.717) is 0 Å². The van der Waals surface area contributed by atoms with Crippen LogP contribution in [0.4, 0.5) is 34.1 Å². The molecule has 2 aliphatic carbocycles. The summed E-state index contributed by atoms with van der Waals surface area (Å²) in [5.74, 6) is 0. The number of nitrogens with zero attached hydrogens (tertiary/aromatic N) is 2. The molecule has 0 aromatic heterocycles. The Kier molecular flexibility index (Phi) is 9.47. The second kappa shape index (κ2) is 16.5. The highest BCUT2D eigenvalue weighted by Crippen LogP contribution is 2.64. The van der Waals surface area contributed by atoms with Crippen LogP contribution in [0.1, 0.15) is 22.3 Å². The van der Waals surface area contributed by atoms with Gasteiger partial charge in [0.2, 0.25) is 0 Å². The Balaban J connectivity index is 0.986. The number of benzene rings is 12. The zero-order chi connectivity index (χ0) is 46.9. The van der Waals surface area contributed by atoms with Crippen LogP contribution in [0.3, 0.4) is 0 Å². The van der Waals surface area contributed by atoms with Gasteiger partial charge in [0, 0.05) is 34.1 Å². The minimum absolute atomic E-state index is 0.595. The molecule has 0 radical (unpaired) electrons. The molecule has 1 spiro atoms. The first-order valence-electron chi connectivity index (χ1n) is 24.6. The molecule has 71 heavy (non-hydrogen) atoms. The summed E-state index contributed by atoms with van der Waals surface area (Å²) in [4.78, 5) is 4.88. The molecule has 0 aliphatic heterocycles. The van der Waals surface area contributed by atoms with Gasteiger partial charge >= 0.3 is 0 Å². The molecule has 2 nitrogen and oxygen atoms in total. The summed E-state index contributed by atoms with van der Waals surface area (Å²) in [7, 11) is 0. The largest absolute Gasteiger partial charge is 0.310 e. The van der Waals surface area contributed by atoms with E-state index in [4.69, 9.17) is 0 Å². The highest BCUT2D eigenvalue weighted by Gasteiger charge is 2.52. The Morgan fingerprint density at radius 1 is 0.197 bits per heavy atom. The molecule has 12 aromatic rings. The molecule has 0 saturated heterocycles. The van der Waals surface area contributed by atoms with Gasteiger partial charge < -0.3 is 9.80 Å². The Hall–Kier alpha value is -9.24. The van der Waals surface area contributed by atoms with Gasteiger partial charge in [-0.1, -0.05) is 206 Å². The van der Waals surface area contributed by atoms with Crippen molar-refractivity contribution in [2.45, 2.75) is 5.41 Å². The van der Waals surface area contributed by atoms with Crippen molar-refractivity contribution >= 4 is 55.7 Å². The van der Waals surface area contributed by atoms with E-state index in [9.17, 15) is 0 Å². The van der Waals surface area contributed by atoms with E-state index < -0.39 is 5.41 Å². The second-order valence-electron chi connectivity index (χ2n) is 18.9. The molecule has 2 heteroatoms. The molecule has 0 amide bonds. The van der Waals surface area contributed by atoms with Gasteiger partial charge in [-0.05, 0) is 161 Å². The standard InChI is InChI=1S/C69H46N2/c1-3-15-47(16-4-1)51-27-33-55(34-28-51)70(57-37-31-49-19-7-9-21-53(49)43-57)59-39-41-63-64-42-40-60(46-68(64)69(67(63)45-59)65-25-13-11-23-61(65)62-24-12-14-26-66(62)69)71(58-38-32-50-20-8-10-22-54(50)44-58)56-35-29-52(30-36-56)48-17-5-2-6-18-48/h1-46H. The summed E-state index contributed by atoms with van der Waals surface area (Å²) in [6.45, 7) is 0. The highest BCUT2D eigenvalue weighted by atomic mass is 15.1. The topological polar surface area (TPSA) is 6.48 Å². The monoisotopic (exact) mass is 902 g/mol. The van der Waals surface area contributed by atoms with Crippen molar-refractivity contribution in [3.8, 4) is 44.5 Å². The fourth-order valence-electron chi connectivity index (χ4n) is 11.8. The summed E-state index contributed by atoms with van der Waals surface area (Å²) < 4.78 is 0. The molecule has 0 saturated carbocycles. The maximum atomic E-state index is 2.50. The maximum absolute atomic E-state index is 2.50. The van der Waals surface area contributed by atoms with E-state index in [1.54, 1.807) is 0 Å². The predicted molar refractivity (Wildman–Crippen MR) is 298 cm³/mol. The minimum atomic E-state index is -0.595. The fraction of sp³-hybridized carbons (Fsp3) is 0.0145. The Morgan fingerprint density at radius 2 is 0.507 bits per heavy atom. The molecule has 0 atom stereocenters. The Labute approximate surface area is 414 Å². The van der Waals surface area contributed by atoms with E-state index in [0.717, 1.165) is 34.1 Å².